The molecule has 0 aromatic heterocycles. The fraction of sp³-hybridized carbons (Fsp3) is 0.562. The number of likely N-dealkylation sites (tertiary alicyclic amines) is 1. The first-order valence-corrected chi connectivity index (χ1v) is 8.28. The minimum Gasteiger partial charge on any atom is -0.507 e. The molecule has 116 valence electrons. The highest BCUT2D eigenvalue weighted by molar-refractivity contribution is 9.10. The number of hydrogen-bond donors (Lipinski definition) is 2. The predicted octanol–water partition coefficient (Wildman–Crippen LogP) is 3.00. The zero-order valence-electron chi connectivity index (χ0n) is 12.6. The van der Waals surface area contributed by atoms with E-state index in [0.717, 1.165) is 32.5 Å². The molecule has 2 N–H and O–H groups in total. The summed E-state index contributed by atoms with van der Waals surface area (Å²) in [7, 11) is 0. The van der Waals surface area contributed by atoms with Gasteiger partial charge in [0.1, 0.15) is 5.75 Å². The lowest BCUT2D eigenvalue weighted by molar-refractivity contribution is 0.0672. The number of nitrogens with one attached hydrogen (secondary N) is 1. The van der Waals surface area contributed by atoms with Crippen LogP contribution < -0.4 is 5.32 Å². The topological polar surface area (TPSA) is 52.6 Å². The predicted molar refractivity (Wildman–Crippen MR) is 87.6 cm³/mol. The van der Waals surface area contributed by atoms with Gasteiger partial charge in [0.25, 0.3) is 5.91 Å². The van der Waals surface area contributed by atoms with Crippen molar-refractivity contribution in [3.63, 3.8) is 0 Å². The van der Waals surface area contributed by atoms with Crippen LogP contribution in [-0.2, 0) is 0 Å². The fourth-order valence-electron chi connectivity index (χ4n) is 2.65. The first kappa shape index (κ1) is 16.3. The Bertz CT molecular complexity index is 505. The van der Waals surface area contributed by atoms with E-state index in [-0.39, 0.29) is 11.7 Å². The van der Waals surface area contributed by atoms with Crippen LogP contribution in [0, 0.1) is 5.92 Å². The Kier molecular flexibility index (Phi) is 5.65. The Hall–Kier alpha value is -1.07. The molecule has 1 aromatic rings. The van der Waals surface area contributed by atoms with E-state index >= 15 is 0 Å². The van der Waals surface area contributed by atoms with E-state index in [4.69, 9.17) is 0 Å². The van der Waals surface area contributed by atoms with Crippen molar-refractivity contribution in [3.05, 3.63) is 28.2 Å². The summed E-state index contributed by atoms with van der Waals surface area (Å²) in [4.78, 5) is 14.4. The molecule has 0 bridgehead atoms. The third kappa shape index (κ3) is 4.45. The van der Waals surface area contributed by atoms with Gasteiger partial charge in [0.2, 0.25) is 0 Å². The van der Waals surface area contributed by atoms with E-state index in [1.165, 1.54) is 6.07 Å². The van der Waals surface area contributed by atoms with Crippen LogP contribution in [0.25, 0.3) is 0 Å². The van der Waals surface area contributed by atoms with Crippen LogP contribution in [-0.4, -0.2) is 41.6 Å². The summed E-state index contributed by atoms with van der Waals surface area (Å²) in [5.41, 5.74) is 0.549. The van der Waals surface area contributed by atoms with E-state index in [0.29, 0.717) is 22.0 Å². The Morgan fingerprint density at radius 1 is 1.52 bits per heavy atom. The van der Waals surface area contributed by atoms with Crippen LogP contribution in [0.15, 0.2) is 22.7 Å². The number of rotatable bonds is 4. The molecule has 4 nitrogen and oxygen atoms in total. The first-order chi connectivity index (χ1) is 9.97. The molecule has 1 heterocycles. The number of nitrogens with zero attached hydrogens (tertiary/aromatic N) is 1. The van der Waals surface area contributed by atoms with E-state index in [2.05, 4.69) is 35.1 Å². The van der Waals surface area contributed by atoms with E-state index in [9.17, 15) is 9.90 Å². The van der Waals surface area contributed by atoms with Gasteiger partial charge < -0.3 is 15.3 Å². The van der Waals surface area contributed by atoms with E-state index in [1.54, 1.807) is 12.1 Å². The maximum absolute atomic E-state index is 12.5. The summed E-state index contributed by atoms with van der Waals surface area (Å²) in [6.45, 7) is 6.81. The first-order valence-electron chi connectivity index (χ1n) is 7.48. The summed E-state index contributed by atoms with van der Waals surface area (Å²) in [5.74, 6) is 0.622. The average Bonchev–Trinajstić information content (AvgIpc) is 2.47. The number of piperidine rings is 1. The van der Waals surface area contributed by atoms with E-state index < -0.39 is 0 Å². The second-order valence-corrected chi connectivity index (χ2v) is 6.84. The maximum Gasteiger partial charge on any atom is 0.253 e. The van der Waals surface area contributed by atoms with Gasteiger partial charge in [-0.2, -0.15) is 0 Å². The maximum atomic E-state index is 12.5. The molecule has 1 unspecified atom stereocenters. The molecular formula is C16H23BrN2O2. The van der Waals surface area contributed by atoms with Gasteiger partial charge in [-0.15, -0.1) is 0 Å². The van der Waals surface area contributed by atoms with Gasteiger partial charge >= 0.3 is 0 Å². The molecular weight excluding hydrogens is 332 g/mol. The van der Waals surface area contributed by atoms with Gasteiger partial charge in [0.15, 0.2) is 0 Å². The summed E-state index contributed by atoms with van der Waals surface area (Å²) in [5, 5.41) is 13.2. The van der Waals surface area contributed by atoms with Gasteiger partial charge in [-0.3, -0.25) is 4.79 Å². The largest absolute Gasteiger partial charge is 0.507 e. The zero-order valence-corrected chi connectivity index (χ0v) is 14.2. The molecule has 1 aromatic carbocycles. The van der Waals surface area contributed by atoms with Gasteiger partial charge in [0.05, 0.1) is 4.47 Å². The summed E-state index contributed by atoms with van der Waals surface area (Å²) in [6, 6.07) is 5.47. The molecule has 0 saturated carbocycles. The smallest absolute Gasteiger partial charge is 0.253 e. The fourth-order valence-corrected chi connectivity index (χ4v) is 2.89. The summed E-state index contributed by atoms with van der Waals surface area (Å²) >= 11 is 3.23. The number of carbonyl (C=O) groups is 1. The molecule has 1 aliphatic heterocycles. The number of aromatic hydroxyl groups is 1. The van der Waals surface area contributed by atoms with Crippen LogP contribution in [0.1, 0.15) is 37.0 Å². The normalized spacial score (nSPS) is 19.0. The zero-order chi connectivity index (χ0) is 15.4. The monoisotopic (exact) mass is 354 g/mol. The lowest BCUT2D eigenvalue weighted by Crippen LogP contribution is -2.43. The Morgan fingerprint density at radius 2 is 2.29 bits per heavy atom. The van der Waals surface area contributed by atoms with Crippen LogP contribution in [0.4, 0.5) is 0 Å². The minimum absolute atomic E-state index is 0.00652. The van der Waals surface area contributed by atoms with Gasteiger partial charge in [-0.1, -0.05) is 13.8 Å². The third-order valence-electron chi connectivity index (χ3n) is 3.81. The van der Waals surface area contributed by atoms with Crippen molar-refractivity contribution in [2.75, 3.05) is 19.6 Å². The molecule has 0 spiro atoms. The third-order valence-corrected chi connectivity index (χ3v) is 4.48. The van der Waals surface area contributed by atoms with Crippen LogP contribution in [0.5, 0.6) is 5.75 Å². The van der Waals surface area contributed by atoms with Crippen LogP contribution in [0.2, 0.25) is 0 Å². The van der Waals surface area contributed by atoms with Gasteiger partial charge in [-0.25, -0.2) is 0 Å². The number of amides is 1. The van der Waals surface area contributed by atoms with Crippen molar-refractivity contribution in [1.29, 1.82) is 0 Å². The molecule has 21 heavy (non-hydrogen) atoms. The quantitative estimate of drug-likeness (QED) is 0.873. The van der Waals surface area contributed by atoms with Crippen molar-refractivity contribution in [1.82, 2.24) is 10.2 Å². The van der Waals surface area contributed by atoms with Crippen molar-refractivity contribution < 1.29 is 9.90 Å². The number of benzene rings is 1. The van der Waals surface area contributed by atoms with Crippen molar-refractivity contribution >= 4 is 21.8 Å². The van der Waals surface area contributed by atoms with Crippen LogP contribution >= 0.6 is 15.9 Å². The molecule has 2 rings (SSSR count). The molecule has 1 aliphatic rings. The number of halogens is 1. The van der Waals surface area contributed by atoms with Crippen LogP contribution in [0.3, 0.4) is 0 Å². The molecule has 1 fully saturated rings. The molecule has 0 aliphatic carbocycles. The van der Waals surface area contributed by atoms with Gasteiger partial charge in [-0.05, 0) is 59.4 Å². The second kappa shape index (κ2) is 7.27. The number of hydrogen-bond acceptors (Lipinski definition) is 3. The Balaban J connectivity index is 1.99. The van der Waals surface area contributed by atoms with E-state index in [1.807, 2.05) is 4.90 Å². The molecule has 0 radical (unpaired) electrons. The highest BCUT2D eigenvalue weighted by Crippen LogP contribution is 2.26. The molecule has 1 atom stereocenters. The summed E-state index contributed by atoms with van der Waals surface area (Å²) < 4.78 is 0.608. The Morgan fingerprint density at radius 3 is 2.95 bits per heavy atom. The Labute approximate surface area is 134 Å². The lowest BCUT2D eigenvalue weighted by Gasteiger charge is -2.33. The van der Waals surface area contributed by atoms with Crippen molar-refractivity contribution in [3.8, 4) is 5.75 Å². The minimum atomic E-state index is 0.00652. The second-order valence-electron chi connectivity index (χ2n) is 5.99. The van der Waals surface area contributed by atoms with Crippen molar-refractivity contribution in [2.45, 2.75) is 32.7 Å². The lowest BCUT2D eigenvalue weighted by atomic mass is 9.97. The van der Waals surface area contributed by atoms with Gasteiger partial charge in [0, 0.05) is 24.7 Å². The molecule has 5 heteroatoms. The standard InChI is InChI=1S/C16H23BrN2O2/c1-11(2)18-9-12-4-3-7-19(10-12)16(21)13-5-6-14(17)15(20)8-13/h5-6,8,11-12,18,20H,3-4,7,9-10H2,1-2H3. The average molecular weight is 355 g/mol. The number of carbonyl (C=O) groups excluding carboxylic acids is 1. The molecule has 1 saturated heterocycles. The summed E-state index contributed by atoms with van der Waals surface area (Å²) in [6.07, 6.45) is 2.20. The number of phenols is 1. The SMILES string of the molecule is CC(C)NCC1CCCN(C(=O)c2ccc(Br)c(O)c2)C1. The van der Waals surface area contributed by atoms with Crippen molar-refractivity contribution in [2.24, 2.45) is 5.92 Å². The molecule has 1 amide bonds. The highest BCUT2D eigenvalue weighted by Gasteiger charge is 2.24. The number of phenolic OH excluding ortho intramolecular Hbond substituents is 1. The highest BCUT2D eigenvalue weighted by atomic mass is 79.9.